The molecule has 1 aromatic rings. The standard InChI is InChI=1S/C9H8BrNO2/c1-6-12-9(11-13-6)7-3-2-4-8(10)5-7/h2-6H,1H3. The molecule has 0 aliphatic carbocycles. The molecular weight excluding hydrogens is 234 g/mol. The number of hydrogen-bond donors (Lipinski definition) is 0. The Labute approximate surface area is 84.5 Å². The Hall–Kier alpha value is -1.03. The SMILES string of the molecule is CC1ON=C(c2cccc(Br)c2)O1. The van der Waals surface area contributed by atoms with E-state index in [0.717, 1.165) is 10.0 Å². The first kappa shape index (κ1) is 8.56. The van der Waals surface area contributed by atoms with Crippen LogP contribution in [-0.2, 0) is 9.57 Å². The topological polar surface area (TPSA) is 30.8 Å². The highest BCUT2D eigenvalue weighted by Gasteiger charge is 2.18. The second-order valence-electron chi connectivity index (χ2n) is 2.70. The number of rotatable bonds is 1. The average molecular weight is 242 g/mol. The van der Waals surface area contributed by atoms with Crippen molar-refractivity contribution in [1.82, 2.24) is 0 Å². The van der Waals surface area contributed by atoms with E-state index in [2.05, 4.69) is 21.1 Å². The Bertz CT molecular complexity index is 351. The van der Waals surface area contributed by atoms with Gasteiger partial charge in [0.2, 0.25) is 0 Å². The van der Waals surface area contributed by atoms with Gasteiger partial charge in [-0.05, 0) is 23.4 Å². The minimum atomic E-state index is -0.283. The molecule has 1 atom stereocenters. The first-order valence-corrected chi connectivity index (χ1v) is 4.71. The maximum atomic E-state index is 5.31. The molecule has 13 heavy (non-hydrogen) atoms. The summed E-state index contributed by atoms with van der Waals surface area (Å²) in [6.45, 7) is 1.80. The summed E-state index contributed by atoms with van der Waals surface area (Å²) in [7, 11) is 0. The van der Waals surface area contributed by atoms with Gasteiger partial charge in [-0.1, -0.05) is 22.0 Å². The Morgan fingerprint density at radius 2 is 2.31 bits per heavy atom. The van der Waals surface area contributed by atoms with Crippen molar-refractivity contribution in [1.29, 1.82) is 0 Å². The van der Waals surface area contributed by atoms with Crippen molar-refractivity contribution in [2.75, 3.05) is 0 Å². The van der Waals surface area contributed by atoms with Crippen LogP contribution in [0.5, 0.6) is 0 Å². The van der Waals surface area contributed by atoms with E-state index in [1.165, 1.54) is 0 Å². The summed E-state index contributed by atoms with van der Waals surface area (Å²) in [4.78, 5) is 4.91. The number of benzene rings is 1. The predicted octanol–water partition coefficient (Wildman–Crippen LogP) is 2.50. The number of nitrogens with zero attached hydrogens (tertiary/aromatic N) is 1. The lowest BCUT2D eigenvalue weighted by Crippen LogP contribution is -2.07. The van der Waals surface area contributed by atoms with E-state index in [0.29, 0.717) is 5.90 Å². The molecule has 0 amide bonds. The smallest absolute Gasteiger partial charge is 0.264 e. The normalized spacial score (nSPS) is 20.5. The molecule has 1 aliphatic heterocycles. The molecule has 1 unspecified atom stereocenters. The quantitative estimate of drug-likeness (QED) is 0.757. The molecule has 0 N–H and O–H groups in total. The molecular formula is C9H8BrNO2. The van der Waals surface area contributed by atoms with Gasteiger partial charge >= 0.3 is 0 Å². The van der Waals surface area contributed by atoms with Crippen molar-refractivity contribution >= 4 is 21.8 Å². The van der Waals surface area contributed by atoms with Crippen molar-refractivity contribution in [2.24, 2.45) is 5.16 Å². The molecule has 4 heteroatoms. The van der Waals surface area contributed by atoms with Gasteiger partial charge in [-0.15, -0.1) is 0 Å². The minimum absolute atomic E-state index is 0.283. The number of ether oxygens (including phenoxy) is 1. The van der Waals surface area contributed by atoms with Crippen LogP contribution in [0.2, 0.25) is 0 Å². The maximum Gasteiger partial charge on any atom is 0.264 e. The van der Waals surface area contributed by atoms with E-state index in [9.17, 15) is 0 Å². The highest BCUT2D eigenvalue weighted by atomic mass is 79.9. The molecule has 1 aliphatic rings. The molecule has 2 rings (SSSR count). The van der Waals surface area contributed by atoms with Gasteiger partial charge in [0.05, 0.1) is 0 Å². The zero-order chi connectivity index (χ0) is 9.26. The number of oxime groups is 1. The van der Waals surface area contributed by atoms with E-state index in [4.69, 9.17) is 9.57 Å². The molecule has 1 aromatic carbocycles. The van der Waals surface area contributed by atoms with Gasteiger partial charge in [0.1, 0.15) is 0 Å². The lowest BCUT2D eigenvalue weighted by molar-refractivity contribution is -0.0317. The average Bonchev–Trinajstić information content (AvgIpc) is 2.52. The van der Waals surface area contributed by atoms with Crippen molar-refractivity contribution < 1.29 is 9.57 Å². The first-order chi connectivity index (χ1) is 6.25. The van der Waals surface area contributed by atoms with Crippen LogP contribution in [-0.4, -0.2) is 12.2 Å². The summed E-state index contributed by atoms with van der Waals surface area (Å²) in [5.74, 6) is 0.536. The van der Waals surface area contributed by atoms with Gasteiger partial charge < -0.3 is 9.57 Å². The van der Waals surface area contributed by atoms with Crippen LogP contribution in [0.25, 0.3) is 0 Å². The summed E-state index contributed by atoms with van der Waals surface area (Å²) in [5, 5.41) is 3.80. The molecule has 0 spiro atoms. The molecule has 3 nitrogen and oxygen atoms in total. The second-order valence-corrected chi connectivity index (χ2v) is 3.61. The summed E-state index contributed by atoms with van der Waals surface area (Å²) in [5.41, 5.74) is 0.915. The summed E-state index contributed by atoms with van der Waals surface area (Å²) >= 11 is 3.37. The zero-order valence-corrected chi connectivity index (χ0v) is 8.61. The molecule has 0 radical (unpaired) electrons. The lowest BCUT2D eigenvalue weighted by Gasteiger charge is -2.02. The number of halogens is 1. The summed E-state index contributed by atoms with van der Waals surface area (Å²) in [6, 6.07) is 7.73. The van der Waals surface area contributed by atoms with Gasteiger partial charge in [-0.3, -0.25) is 0 Å². The fourth-order valence-electron chi connectivity index (χ4n) is 1.06. The predicted molar refractivity (Wildman–Crippen MR) is 52.3 cm³/mol. The van der Waals surface area contributed by atoms with Gasteiger partial charge in [0.25, 0.3) is 12.2 Å². The lowest BCUT2D eigenvalue weighted by atomic mass is 10.2. The van der Waals surface area contributed by atoms with Crippen molar-refractivity contribution in [3.8, 4) is 0 Å². The van der Waals surface area contributed by atoms with Crippen LogP contribution in [0.3, 0.4) is 0 Å². The van der Waals surface area contributed by atoms with Crippen molar-refractivity contribution in [2.45, 2.75) is 13.2 Å². The van der Waals surface area contributed by atoms with Gasteiger partial charge in [-0.25, -0.2) is 0 Å². The molecule has 68 valence electrons. The number of hydrogen-bond acceptors (Lipinski definition) is 3. The van der Waals surface area contributed by atoms with Crippen molar-refractivity contribution in [3.63, 3.8) is 0 Å². The summed E-state index contributed by atoms with van der Waals surface area (Å²) < 4.78 is 6.31. The fourth-order valence-corrected chi connectivity index (χ4v) is 1.46. The second kappa shape index (κ2) is 3.38. The molecule has 1 heterocycles. The fraction of sp³-hybridized carbons (Fsp3) is 0.222. The highest BCUT2D eigenvalue weighted by molar-refractivity contribution is 9.10. The van der Waals surface area contributed by atoms with Gasteiger partial charge in [-0.2, -0.15) is 0 Å². The van der Waals surface area contributed by atoms with E-state index in [1.807, 2.05) is 24.3 Å². The largest absolute Gasteiger partial charge is 0.433 e. The highest BCUT2D eigenvalue weighted by Crippen LogP contribution is 2.17. The van der Waals surface area contributed by atoms with E-state index >= 15 is 0 Å². The third-order valence-electron chi connectivity index (χ3n) is 1.63. The van der Waals surface area contributed by atoms with E-state index in [-0.39, 0.29) is 6.29 Å². The third kappa shape index (κ3) is 1.83. The Kier molecular flexibility index (Phi) is 2.22. The zero-order valence-electron chi connectivity index (χ0n) is 7.03. The van der Waals surface area contributed by atoms with Gasteiger partial charge in [0.15, 0.2) is 0 Å². The third-order valence-corrected chi connectivity index (χ3v) is 2.13. The molecule has 0 saturated heterocycles. The molecule has 0 bridgehead atoms. The maximum absolute atomic E-state index is 5.31. The van der Waals surface area contributed by atoms with Crippen LogP contribution in [0, 0.1) is 0 Å². The van der Waals surface area contributed by atoms with Crippen LogP contribution in [0.4, 0.5) is 0 Å². The van der Waals surface area contributed by atoms with Crippen molar-refractivity contribution in [3.05, 3.63) is 34.3 Å². The Morgan fingerprint density at radius 1 is 1.46 bits per heavy atom. The van der Waals surface area contributed by atoms with Crippen LogP contribution in [0.15, 0.2) is 33.9 Å². The van der Waals surface area contributed by atoms with Crippen LogP contribution >= 0.6 is 15.9 Å². The van der Waals surface area contributed by atoms with E-state index in [1.54, 1.807) is 6.92 Å². The van der Waals surface area contributed by atoms with Crippen LogP contribution < -0.4 is 0 Å². The monoisotopic (exact) mass is 241 g/mol. The Balaban J connectivity index is 2.26. The first-order valence-electron chi connectivity index (χ1n) is 3.92. The van der Waals surface area contributed by atoms with E-state index < -0.39 is 0 Å². The molecule has 0 aromatic heterocycles. The summed E-state index contributed by atoms with van der Waals surface area (Å²) in [6.07, 6.45) is -0.283. The Morgan fingerprint density at radius 3 is 2.92 bits per heavy atom. The van der Waals surface area contributed by atoms with Crippen LogP contribution in [0.1, 0.15) is 12.5 Å². The van der Waals surface area contributed by atoms with Gasteiger partial charge in [0, 0.05) is 17.0 Å². The molecule has 0 saturated carbocycles. The molecule has 0 fully saturated rings. The minimum Gasteiger partial charge on any atom is -0.433 e.